The summed E-state index contributed by atoms with van der Waals surface area (Å²) in [5.74, 6) is 10.9. The summed E-state index contributed by atoms with van der Waals surface area (Å²) in [5.41, 5.74) is 3.87. The highest BCUT2D eigenvalue weighted by atomic mass is 15.3. The van der Waals surface area contributed by atoms with Crippen molar-refractivity contribution in [3.63, 3.8) is 0 Å². The van der Waals surface area contributed by atoms with E-state index in [2.05, 4.69) is 22.2 Å². The van der Waals surface area contributed by atoms with Gasteiger partial charge in [-0.05, 0) is 57.3 Å². The maximum atomic E-state index is 5.68. The first-order chi connectivity index (χ1) is 10.2. The van der Waals surface area contributed by atoms with E-state index < -0.39 is 0 Å². The number of nitrogens with zero attached hydrogens (tertiary/aromatic N) is 3. The average Bonchev–Trinajstić information content (AvgIpc) is 3.34. The predicted octanol–water partition coefficient (Wildman–Crippen LogP) is 2.57. The van der Waals surface area contributed by atoms with E-state index in [1.54, 1.807) is 0 Å². The van der Waals surface area contributed by atoms with Gasteiger partial charge in [0.05, 0.1) is 0 Å². The fraction of sp³-hybridized carbons (Fsp3) is 0.750. The molecule has 0 spiro atoms. The molecule has 114 valence electrons. The summed E-state index contributed by atoms with van der Waals surface area (Å²) in [4.78, 5) is 12.0. The number of anilines is 2. The van der Waals surface area contributed by atoms with Gasteiger partial charge in [0.2, 0.25) is 0 Å². The summed E-state index contributed by atoms with van der Waals surface area (Å²) < 4.78 is 0. The van der Waals surface area contributed by atoms with Crippen LogP contribution in [0.5, 0.6) is 0 Å². The maximum absolute atomic E-state index is 5.68. The third-order valence-electron chi connectivity index (χ3n) is 4.87. The molecule has 0 radical (unpaired) electrons. The second-order valence-electron chi connectivity index (χ2n) is 7.09. The molecule has 3 saturated carbocycles. The van der Waals surface area contributed by atoms with E-state index in [1.807, 2.05) is 0 Å². The Morgan fingerprint density at radius 2 is 1.67 bits per heavy atom. The molecule has 3 aliphatic carbocycles. The van der Waals surface area contributed by atoms with Crippen molar-refractivity contribution in [1.29, 1.82) is 0 Å². The molecule has 0 aromatic carbocycles. The highest BCUT2D eigenvalue weighted by Gasteiger charge is 2.33. The molecule has 5 heteroatoms. The normalized spacial score (nSPS) is 21.4. The van der Waals surface area contributed by atoms with Gasteiger partial charge in [0.15, 0.2) is 0 Å². The molecule has 0 amide bonds. The molecule has 4 rings (SSSR count). The lowest BCUT2D eigenvalue weighted by atomic mass is 10.2. The first-order valence-corrected chi connectivity index (χ1v) is 8.34. The largest absolute Gasteiger partial charge is 0.356 e. The lowest BCUT2D eigenvalue weighted by molar-refractivity contribution is 0.665. The molecule has 3 fully saturated rings. The number of nitrogens with one attached hydrogen (secondary N) is 1. The van der Waals surface area contributed by atoms with Gasteiger partial charge < -0.3 is 10.3 Å². The number of nitrogens with two attached hydrogens (primary N) is 1. The number of rotatable bonds is 7. The molecular weight excluding hydrogens is 262 g/mol. The fourth-order valence-corrected chi connectivity index (χ4v) is 2.97. The van der Waals surface area contributed by atoms with E-state index >= 15 is 0 Å². The molecule has 1 aromatic rings. The highest BCUT2D eigenvalue weighted by Crippen LogP contribution is 2.41. The van der Waals surface area contributed by atoms with Gasteiger partial charge in [-0.2, -0.15) is 0 Å². The molecule has 0 aliphatic heterocycles. The van der Waals surface area contributed by atoms with Crippen LogP contribution < -0.4 is 16.2 Å². The zero-order valence-electron chi connectivity index (χ0n) is 12.8. The Labute approximate surface area is 126 Å². The van der Waals surface area contributed by atoms with Gasteiger partial charge in [-0.15, -0.1) is 0 Å². The standard InChI is InChI=1S/C16H25N5/c1-10-14(20-17)18-15(13-6-7-13)19-16(10)21(8-11-2-3-11)9-12-4-5-12/h11-13H,2-9,17H2,1H3,(H,18,19,20). The van der Waals surface area contributed by atoms with Crippen LogP contribution in [0.1, 0.15) is 55.8 Å². The fourth-order valence-electron chi connectivity index (χ4n) is 2.97. The number of nitrogen functional groups attached to an aromatic ring is 1. The first-order valence-electron chi connectivity index (χ1n) is 8.34. The average molecular weight is 287 g/mol. The molecule has 3 aliphatic rings. The molecule has 1 heterocycles. The lowest BCUT2D eigenvalue weighted by Gasteiger charge is -2.26. The van der Waals surface area contributed by atoms with Gasteiger partial charge in [-0.3, -0.25) is 0 Å². The summed E-state index contributed by atoms with van der Waals surface area (Å²) in [6.07, 6.45) is 7.95. The minimum absolute atomic E-state index is 0.556. The van der Waals surface area contributed by atoms with Crippen LogP contribution in [0.2, 0.25) is 0 Å². The summed E-state index contributed by atoms with van der Waals surface area (Å²) in [7, 11) is 0. The predicted molar refractivity (Wildman–Crippen MR) is 84.2 cm³/mol. The van der Waals surface area contributed by atoms with Crippen molar-refractivity contribution in [2.75, 3.05) is 23.4 Å². The van der Waals surface area contributed by atoms with Gasteiger partial charge in [0.1, 0.15) is 17.5 Å². The summed E-state index contributed by atoms with van der Waals surface area (Å²) >= 11 is 0. The number of aromatic nitrogens is 2. The Kier molecular flexibility index (Phi) is 3.25. The number of hydrazine groups is 1. The topological polar surface area (TPSA) is 67.1 Å². The molecule has 1 aromatic heterocycles. The molecule has 21 heavy (non-hydrogen) atoms. The van der Waals surface area contributed by atoms with Crippen molar-refractivity contribution in [3.8, 4) is 0 Å². The smallest absolute Gasteiger partial charge is 0.148 e. The molecule has 0 saturated heterocycles. The molecule has 5 nitrogen and oxygen atoms in total. The molecule has 0 atom stereocenters. The van der Waals surface area contributed by atoms with Gasteiger partial charge >= 0.3 is 0 Å². The van der Waals surface area contributed by atoms with Crippen LogP contribution in [0.25, 0.3) is 0 Å². The van der Waals surface area contributed by atoms with Gasteiger partial charge in [-0.25, -0.2) is 15.8 Å². The van der Waals surface area contributed by atoms with Crippen LogP contribution >= 0.6 is 0 Å². The van der Waals surface area contributed by atoms with Crippen molar-refractivity contribution in [3.05, 3.63) is 11.4 Å². The van der Waals surface area contributed by atoms with Crippen LogP contribution in [-0.4, -0.2) is 23.1 Å². The van der Waals surface area contributed by atoms with E-state index in [0.717, 1.165) is 47.9 Å². The minimum atomic E-state index is 0.556. The highest BCUT2D eigenvalue weighted by molar-refractivity contribution is 5.58. The number of hydrogen-bond acceptors (Lipinski definition) is 5. The second-order valence-corrected chi connectivity index (χ2v) is 7.09. The minimum Gasteiger partial charge on any atom is -0.356 e. The second kappa shape index (κ2) is 5.13. The molecule has 0 unspecified atom stereocenters. The Morgan fingerprint density at radius 1 is 1.05 bits per heavy atom. The van der Waals surface area contributed by atoms with E-state index in [1.165, 1.54) is 38.5 Å². The van der Waals surface area contributed by atoms with Crippen LogP contribution in [0.4, 0.5) is 11.6 Å². The van der Waals surface area contributed by atoms with Crippen molar-refractivity contribution >= 4 is 11.6 Å². The van der Waals surface area contributed by atoms with E-state index in [-0.39, 0.29) is 0 Å². The summed E-state index contributed by atoms with van der Waals surface area (Å²) in [5, 5.41) is 0. The van der Waals surface area contributed by atoms with Gasteiger partial charge in [0, 0.05) is 24.6 Å². The zero-order valence-corrected chi connectivity index (χ0v) is 12.8. The van der Waals surface area contributed by atoms with Crippen LogP contribution in [-0.2, 0) is 0 Å². The Morgan fingerprint density at radius 3 is 2.14 bits per heavy atom. The summed E-state index contributed by atoms with van der Waals surface area (Å²) in [6.45, 7) is 4.40. The third kappa shape index (κ3) is 2.98. The van der Waals surface area contributed by atoms with Crippen molar-refractivity contribution < 1.29 is 0 Å². The van der Waals surface area contributed by atoms with Crippen molar-refractivity contribution in [2.45, 2.75) is 51.4 Å². The molecule has 0 bridgehead atoms. The van der Waals surface area contributed by atoms with Gasteiger partial charge in [0.25, 0.3) is 0 Å². The monoisotopic (exact) mass is 287 g/mol. The Hall–Kier alpha value is -1.36. The van der Waals surface area contributed by atoms with E-state index in [9.17, 15) is 0 Å². The first kappa shape index (κ1) is 13.3. The van der Waals surface area contributed by atoms with E-state index in [0.29, 0.717) is 5.92 Å². The quantitative estimate of drug-likeness (QED) is 0.596. The van der Waals surface area contributed by atoms with Gasteiger partial charge in [-0.1, -0.05) is 0 Å². The SMILES string of the molecule is Cc1c(NN)nc(C2CC2)nc1N(CC1CC1)CC1CC1. The Balaban J connectivity index is 1.66. The molecular formula is C16H25N5. The van der Waals surface area contributed by atoms with Crippen molar-refractivity contribution in [2.24, 2.45) is 17.7 Å². The Bertz CT molecular complexity index is 518. The van der Waals surface area contributed by atoms with Crippen LogP contribution in [0.15, 0.2) is 0 Å². The van der Waals surface area contributed by atoms with E-state index in [4.69, 9.17) is 10.8 Å². The zero-order chi connectivity index (χ0) is 14.4. The van der Waals surface area contributed by atoms with Crippen LogP contribution in [0.3, 0.4) is 0 Å². The maximum Gasteiger partial charge on any atom is 0.148 e. The number of hydrogen-bond donors (Lipinski definition) is 2. The van der Waals surface area contributed by atoms with Crippen molar-refractivity contribution in [1.82, 2.24) is 9.97 Å². The lowest BCUT2D eigenvalue weighted by Crippen LogP contribution is -2.30. The molecule has 3 N–H and O–H groups in total. The third-order valence-corrected chi connectivity index (χ3v) is 4.87. The summed E-state index contributed by atoms with van der Waals surface area (Å²) in [6, 6.07) is 0. The van der Waals surface area contributed by atoms with Crippen LogP contribution in [0, 0.1) is 18.8 Å².